The van der Waals surface area contributed by atoms with E-state index >= 15 is 0 Å². The lowest BCUT2D eigenvalue weighted by Crippen LogP contribution is -2.50. The van der Waals surface area contributed by atoms with Gasteiger partial charge in [0, 0.05) is 25.7 Å². The van der Waals surface area contributed by atoms with Gasteiger partial charge in [-0.3, -0.25) is 4.79 Å². The Morgan fingerprint density at radius 2 is 1.93 bits per heavy atom. The molecule has 3 N–H and O–H groups in total. The molecular formula is C11H23N3O. The van der Waals surface area contributed by atoms with E-state index in [1.807, 2.05) is 18.7 Å². The van der Waals surface area contributed by atoms with Gasteiger partial charge in [0.15, 0.2) is 0 Å². The topological polar surface area (TPSA) is 58.4 Å². The third-order valence-electron chi connectivity index (χ3n) is 2.93. The Kier molecular flexibility index (Phi) is 5.05. The van der Waals surface area contributed by atoms with Crippen molar-refractivity contribution in [3.05, 3.63) is 0 Å². The summed E-state index contributed by atoms with van der Waals surface area (Å²) < 4.78 is 0. The summed E-state index contributed by atoms with van der Waals surface area (Å²) in [6.45, 7) is 6.32. The fourth-order valence-corrected chi connectivity index (χ4v) is 1.95. The monoisotopic (exact) mass is 213 g/mol. The van der Waals surface area contributed by atoms with E-state index < -0.39 is 0 Å². The smallest absolute Gasteiger partial charge is 0.239 e. The van der Waals surface area contributed by atoms with Gasteiger partial charge in [-0.15, -0.1) is 0 Å². The second-order valence-corrected chi connectivity index (χ2v) is 4.41. The molecule has 1 rings (SSSR count). The zero-order valence-electron chi connectivity index (χ0n) is 9.83. The third kappa shape index (κ3) is 3.80. The van der Waals surface area contributed by atoms with E-state index in [0.29, 0.717) is 6.54 Å². The summed E-state index contributed by atoms with van der Waals surface area (Å²) in [7, 11) is 0. The quantitative estimate of drug-likeness (QED) is 0.707. The minimum atomic E-state index is -0.110. The van der Waals surface area contributed by atoms with Crippen molar-refractivity contribution in [2.75, 3.05) is 19.6 Å². The number of likely N-dealkylation sites (tertiary alicyclic amines) is 1. The van der Waals surface area contributed by atoms with Crippen LogP contribution < -0.4 is 11.1 Å². The van der Waals surface area contributed by atoms with Crippen LogP contribution in [0, 0.1) is 0 Å². The normalized spacial score (nSPS) is 21.1. The second kappa shape index (κ2) is 6.08. The highest BCUT2D eigenvalue weighted by molar-refractivity contribution is 5.81. The summed E-state index contributed by atoms with van der Waals surface area (Å²) >= 11 is 0. The van der Waals surface area contributed by atoms with E-state index in [9.17, 15) is 4.79 Å². The van der Waals surface area contributed by atoms with E-state index in [1.54, 1.807) is 0 Å². The van der Waals surface area contributed by atoms with Crippen LogP contribution in [0.25, 0.3) is 0 Å². The fourth-order valence-electron chi connectivity index (χ4n) is 1.95. The molecule has 0 aromatic carbocycles. The summed E-state index contributed by atoms with van der Waals surface area (Å²) in [5.74, 6) is 0.218. The Morgan fingerprint density at radius 1 is 1.33 bits per heavy atom. The van der Waals surface area contributed by atoms with Gasteiger partial charge in [0.2, 0.25) is 5.91 Å². The van der Waals surface area contributed by atoms with Crippen LogP contribution >= 0.6 is 0 Å². The van der Waals surface area contributed by atoms with Gasteiger partial charge >= 0.3 is 0 Å². The van der Waals surface area contributed by atoms with Crippen molar-refractivity contribution < 1.29 is 4.79 Å². The average molecular weight is 213 g/mol. The molecule has 0 aromatic heterocycles. The molecule has 15 heavy (non-hydrogen) atoms. The van der Waals surface area contributed by atoms with Gasteiger partial charge < -0.3 is 16.0 Å². The molecule has 1 saturated heterocycles. The lowest BCUT2D eigenvalue weighted by atomic mass is 10.1. The van der Waals surface area contributed by atoms with E-state index in [4.69, 9.17) is 5.73 Å². The molecule has 1 heterocycles. The predicted octanol–water partition coefficient (Wildman–Crippen LogP) is 0.324. The number of piperidine rings is 1. The number of amides is 1. The molecule has 2 unspecified atom stereocenters. The van der Waals surface area contributed by atoms with Crippen molar-refractivity contribution in [1.82, 2.24) is 10.2 Å². The van der Waals surface area contributed by atoms with Crippen LogP contribution in [0.1, 0.15) is 33.1 Å². The molecule has 0 saturated carbocycles. The first-order chi connectivity index (χ1) is 7.15. The first kappa shape index (κ1) is 12.5. The average Bonchev–Trinajstić information content (AvgIpc) is 2.29. The lowest BCUT2D eigenvalue weighted by Gasteiger charge is -2.30. The number of nitrogens with two attached hydrogens (primary N) is 1. The third-order valence-corrected chi connectivity index (χ3v) is 2.93. The molecule has 2 atom stereocenters. The molecule has 0 radical (unpaired) electrons. The highest BCUT2D eigenvalue weighted by atomic mass is 16.2. The molecule has 0 spiro atoms. The summed E-state index contributed by atoms with van der Waals surface area (Å²) in [6, 6.07) is 0.0930. The summed E-state index contributed by atoms with van der Waals surface area (Å²) in [4.78, 5) is 13.9. The minimum Gasteiger partial charge on any atom is -0.341 e. The molecule has 1 amide bonds. The van der Waals surface area contributed by atoms with Crippen LogP contribution in [0.5, 0.6) is 0 Å². The second-order valence-electron chi connectivity index (χ2n) is 4.41. The van der Waals surface area contributed by atoms with Crippen LogP contribution in [0.4, 0.5) is 0 Å². The molecule has 1 aliphatic heterocycles. The number of nitrogens with one attached hydrogen (secondary N) is 1. The molecule has 0 bridgehead atoms. The maximum Gasteiger partial charge on any atom is 0.239 e. The Balaban J connectivity index is 2.37. The number of hydrogen-bond acceptors (Lipinski definition) is 3. The highest BCUT2D eigenvalue weighted by Gasteiger charge is 2.22. The number of hydrogen-bond donors (Lipinski definition) is 2. The maximum absolute atomic E-state index is 12.0. The van der Waals surface area contributed by atoms with Crippen molar-refractivity contribution in [3.8, 4) is 0 Å². The van der Waals surface area contributed by atoms with Crippen molar-refractivity contribution in [2.24, 2.45) is 5.73 Å². The summed E-state index contributed by atoms with van der Waals surface area (Å²) in [6.07, 6.45) is 3.54. The van der Waals surface area contributed by atoms with E-state index in [-0.39, 0.29) is 18.0 Å². The number of rotatable bonds is 4. The highest BCUT2D eigenvalue weighted by Crippen LogP contribution is 2.09. The van der Waals surface area contributed by atoms with Crippen molar-refractivity contribution in [3.63, 3.8) is 0 Å². The van der Waals surface area contributed by atoms with Gasteiger partial charge in [-0.2, -0.15) is 0 Å². The van der Waals surface area contributed by atoms with E-state index in [1.165, 1.54) is 6.42 Å². The van der Waals surface area contributed by atoms with Crippen LogP contribution in [0.2, 0.25) is 0 Å². The van der Waals surface area contributed by atoms with E-state index in [0.717, 1.165) is 25.9 Å². The van der Waals surface area contributed by atoms with Gasteiger partial charge in [0.25, 0.3) is 0 Å². The Hall–Kier alpha value is -0.610. The zero-order valence-corrected chi connectivity index (χ0v) is 9.83. The lowest BCUT2D eigenvalue weighted by molar-refractivity contribution is -0.134. The largest absolute Gasteiger partial charge is 0.341 e. The zero-order chi connectivity index (χ0) is 11.3. The molecule has 0 aliphatic carbocycles. The number of nitrogens with zero attached hydrogens (tertiary/aromatic N) is 1. The Labute approximate surface area is 92.2 Å². The number of carbonyl (C=O) groups excluding carboxylic acids is 1. The molecule has 4 nitrogen and oxygen atoms in total. The van der Waals surface area contributed by atoms with Crippen LogP contribution in [0.15, 0.2) is 0 Å². The molecule has 1 aliphatic rings. The molecule has 4 heteroatoms. The first-order valence-corrected chi connectivity index (χ1v) is 5.90. The summed E-state index contributed by atoms with van der Waals surface area (Å²) in [5.41, 5.74) is 5.51. The standard InChI is InChI=1S/C11H23N3O/c1-9(8-12)13-10(2)11(15)14-6-4-3-5-7-14/h9-10,13H,3-8,12H2,1-2H3. The Morgan fingerprint density at radius 3 is 2.47 bits per heavy atom. The van der Waals surface area contributed by atoms with Gasteiger partial charge in [-0.25, -0.2) is 0 Å². The molecule has 1 fully saturated rings. The van der Waals surface area contributed by atoms with Gasteiger partial charge in [-0.05, 0) is 33.1 Å². The molecule has 88 valence electrons. The molecular weight excluding hydrogens is 190 g/mol. The van der Waals surface area contributed by atoms with Crippen LogP contribution in [0.3, 0.4) is 0 Å². The minimum absolute atomic E-state index is 0.110. The fraction of sp³-hybridized carbons (Fsp3) is 0.909. The van der Waals surface area contributed by atoms with Crippen molar-refractivity contribution in [1.29, 1.82) is 0 Å². The molecule has 0 aromatic rings. The summed E-state index contributed by atoms with van der Waals surface area (Å²) in [5, 5.41) is 3.21. The maximum atomic E-state index is 12.0. The van der Waals surface area contributed by atoms with E-state index in [2.05, 4.69) is 5.32 Å². The number of carbonyl (C=O) groups is 1. The first-order valence-electron chi connectivity index (χ1n) is 5.90. The van der Waals surface area contributed by atoms with Gasteiger partial charge in [0.1, 0.15) is 0 Å². The van der Waals surface area contributed by atoms with Crippen molar-refractivity contribution in [2.45, 2.75) is 45.2 Å². The van der Waals surface area contributed by atoms with Crippen LogP contribution in [-0.4, -0.2) is 42.5 Å². The van der Waals surface area contributed by atoms with Crippen molar-refractivity contribution >= 4 is 5.91 Å². The van der Waals surface area contributed by atoms with Gasteiger partial charge in [0.05, 0.1) is 6.04 Å². The van der Waals surface area contributed by atoms with Gasteiger partial charge in [-0.1, -0.05) is 0 Å². The van der Waals surface area contributed by atoms with Crippen LogP contribution in [-0.2, 0) is 4.79 Å². The Bertz CT molecular complexity index is 202. The predicted molar refractivity (Wildman–Crippen MR) is 61.5 cm³/mol. The SMILES string of the molecule is CC(CN)NC(C)C(=O)N1CCCCC1.